The molecule has 13 unspecified atom stereocenters. The Morgan fingerprint density at radius 2 is 0.976 bits per heavy atom. The lowest BCUT2D eigenvalue weighted by Gasteiger charge is -2.51. The van der Waals surface area contributed by atoms with Crippen LogP contribution in [0.2, 0.25) is 0 Å². The zero-order valence-corrected chi connectivity index (χ0v) is 46.5. The number of carbonyl (C=O) groups excluding carboxylic acids is 2. The van der Waals surface area contributed by atoms with Gasteiger partial charge in [-0.3, -0.25) is 9.59 Å². The first-order valence-electron chi connectivity index (χ1n) is 25.9. The van der Waals surface area contributed by atoms with Crippen molar-refractivity contribution in [2.45, 2.75) is 211 Å². The topological polar surface area (TPSA) is 550 Å². The molecule has 2 amide bonds. The smallest absolute Gasteiger partial charge is 0.364 e. The van der Waals surface area contributed by atoms with E-state index in [2.05, 4.69) is 19.6 Å². The third-order valence-electron chi connectivity index (χ3n) is 14.8. The highest BCUT2D eigenvalue weighted by molar-refractivity contribution is 8.10. The molecule has 0 bridgehead atoms. The maximum absolute atomic E-state index is 12.8. The number of nitrogens with one attached hydrogen (secondary N) is 2. The second-order valence-corrected chi connectivity index (χ2v) is 24.2. The molecule has 6 aliphatic rings. The summed E-state index contributed by atoms with van der Waals surface area (Å²) in [6, 6.07) is -3.51. The molecule has 6 rings (SSSR count). The van der Waals surface area contributed by atoms with Gasteiger partial charge in [-0.15, -0.1) is 0 Å². The molecule has 35 nitrogen and oxygen atoms in total. The van der Waals surface area contributed by atoms with Crippen LogP contribution in [0, 0.1) is 5.92 Å². The minimum absolute atomic E-state index is 0.796. The molecule has 0 radical (unpaired) electrons. The number of carbonyl (C=O) groups is 3. The summed E-state index contributed by atoms with van der Waals surface area (Å²) >= 11 is 0. The summed E-state index contributed by atoms with van der Waals surface area (Å²) in [5.41, 5.74) is 0. The van der Waals surface area contributed by atoms with Crippen LogP contribution in [0.3, 0.4) is 0 Å². The van der Waals surface area contributed by atoms with Gasteiger partial charge >= 0.3 is 5.97 Å². The molecule has 0 aliphatic carbocycles. The Kier molecular flexibility index (Phi) is 25.2. The van der Waals surface area contributed by atoms with Gasteiger partial charge in [0.25, 0.3) is 5.79 Å². The zero-order chi connectivity index (χ0) is 61.0. The van der Waals surface area contributed by atoms with E-state index < -0.39 is 261 Å². The van der Waals surface area contributed by atoms with E-state index in [1.165, 1.54) is 6.92 Å². The summed E-state index contributed by atoms with van der Waals surface area (Å²) in [7, 11) is 0.835. The van der Waals surface area contributed by atoms with Gasteiger partial charge in [-0.25, -0.2) is 4.79 Å². The molecule has 476 valence electrons. The van der Waals surface area contributed by atoms with E-state index in [9.17, 15) is 106 Å². The monoisotopic (exact) mass is 1240 g/mol. The highest BCUT2D eigenvalue weighted by Gasteiger charge is 2.59. The average Bonchev–Trinajstić information content (AvgIpc) is 3.64. The number of carboxylic acids is 1. The number of carboxylic acid groups (broad SMARTS) is 1. The average molecular weight is 1240 g/mol. The van der Waals surface area contributed by atoms with Gasteiger partial charge in [0, 0.05) is 34.0 Å². The van der Waals surface area contributed by atoms with Crippen molar-refractivity contribution >= 4 is 34.5 Å². The molecule has 20 N–H and O–H groups in total. The molecular formula is C45H78N2O33P2. The first kappa shape index (κ1) is 69.2. The highest BCUT2D eigenvalue weighted by Crippen LogP contribution is 2.46. The zero-order valence-electron chi connectivity index (χ0n) is 44.5. The molecule has 0 aromatic carbocycles. The van der Waals surface area contributed by atoms with Crippen molar-refractivity contribution in [3.05, 3.63) is 0 Å². The lowest BCUT2D eigenvalue weighted by Crippen LogP contribution is -2.70. The molecule has 0 saturated carbocycles. The molecule has 33 atom stereocenters. The van der Waals surface area contributed by atoms with Gasteiger partial charge in [-0.2, -0.15) is 0 Å². The van der Waals surface area contributed by atoms with Crippen LogP contribution >= 0.6 is 16.8 Å². The Morgan fingerprint density at radius 3 is 1.40 bits per heavy atom. The summed E-state index contributed by atoms with van der Waals surface area (Å²) < 4.78 is 70.3. The number of ether oxygens (including phenoxy) is 11. The second kappa shape index (κ2) is 29.9. The fraction of sp³-hybridized carbons (Fsp3) is 0.933. The summed E-state index contributed by atoms with van der Waals surface area (Å²) in [6.45, 7) is -0.901. The van der Waals surface area contributed by atoms with E-state index in [1.54, 1.807) is 6.66 Å². The largest absolute Gasteiger partial charge is 0.477 e. The van der Waals surface area contributed by atoms with Crippen molar-refractivity contribution in [2.24, 2.45) is 5.92 Å². The summed E-state index contributed by atoms with van der Waals surface area (Å²) in [6.07, 6.45) is -51.3. The van der Waals surface area contributed by atoms with Crippen LogP contribution < -0.4 is 10.6 Å². The number of amides is 2. The lowest BCUT2D eigenvalue weighted by molar-refractivity contribution is -0.382. The normalized spacial score (nSPS) is 46.8. The van der Waals surface area contributed by atoms with Gasteiger partial charge in [-0.1, -0.05) is 15.9 Å². The van der Waals surface area contributed by atoms with Crippen LogP contribution in [0.4, 0.5) is 0 Å². The second-order valence-electron chi connectivity index (χ2n) is 20.7. The van der Waals surface area contributed by atoms with Gasteiger partial charge in [0.05, 0.1) is 51.8 Å². The predicted molar refractivity (Wildman–Crippen MR) is 264 cm³/mol. The van der Waals surface area contributed by atoms with Crippen molar-refractivity contribution in [3.63, 3.8) is 0 Å². The van der Waals surface area contributed by atoms with Crippen molar-refractivity contribution < 1.29 is 163 Å². The molecule has 6 heterocycles. The summed E-state index contributed by atoms with van der Waals surface area (Å²) in [5, 5.41) is 198. The SMILES string of the molecule is CC(=O)NC1[C@H](OC2[C@@H](OP(C)P)OC(CO)[C@@H](O[C@@H]3OC(CO)[C@@H](O[C@@H]4OC(CO[C@]5(C(=O)O)C[C@@H](O)[C@@H](C)C([C@H](O)[C@H](O)CO)O5)[C@H](O)[C@H](O)C4O)[C@H](O)C3NC(C)=O)[C@@H]2O)OC(CO)[C@@H](O[C@@H]2OC(CO)[C@H](O)[C@H](O)C2O)[C@@H]1O. The standard InChI is InChI=1S/C45H78N2O33P2/c1-12-15(55)5-45(44(67)68,79-34(12)24(57)16(56)6-48)69-11-21-26(59)30(63)32(65)42(74-21)77-36-18(8-50)71-39(22(27(36)60)46-13(2)53)75-37-20(10-52)73-43(80-82(4)81)38(33(37)66)78-40-23(47-14(3)54)28(61)35(19(9-51)72-40)76-41-31(64)29(62)25(58)17(7-49)70-41/h12,15-43,48-52,55-66H,5-11,81H2,1-4H3,(H,46,53)(H,47,54)(H,67,68)/t12-,15-,16-,17?,18?,19?,20?,21?,22?,23?,24-,25+,26+,27-,28-,29+,30+,31?,32?,33+,34?,35-,36-,37-,38?,39+,40+,41+,42+,43-,45-,82?/m1/s1. The molecule has 0 aromatic rings. The molecule has 6 saturated heterocycles. The van der Waals surface area contributed by atoms with Crippen LogP contribution in [-0.4, -0.2) is 340 Å². The van der Waals surface area contributed by atoms with E-state index in [-0.39, 0.29) is 0 Å². The van der Waals surface area contributed by atoms with Gasteiger partial charge in [-0.05, 0) is 6.66 Å². The fourth-order valence-electron chi connectivity index (χ4n) is 10.3. The van der Waals surface area contributed by atoms with E-state index in [0.29, 0.717) is 0 Å². The van der Waals surface area contributed by atoms with Crippen LogP contribution in [0.1, 0.15) is 27.2 Å². The van der Waals surface area contributed by atoms with Gasteiger partial charge in [0.15, 0.2) is 31.5 Å². The Hall–Kier alpha value is -1.89. The number of aliphatic hydroxyl groups is 17. The van der Waals surface area contributed by atoms with Crippen molar-refractivity contribution in [3.8, 4) is 0 Å². The molecule has 37 heteroatoms. The quantitative estimate of drug-likeness (QED) is 0.0423. The van der Waals surface area contributed by atoms with Crippen molar-refractivity contribution in [1.82, 2.24) is 10.6 Å². The maximum atomic E-state index is 12.8. The van der Waals surface area contributed by atoms with Crippen LogP contribution in [0.5, 0.6) is 0 Å². The first-order chi connectivity index (χ1) is 38.6. The van der Waals surface area contributed by atoms with Crippen molar-refractivity contribution in [1.29, 1.82) is 0 Å². The Labute approximate surface area is 470 Å². The third-order valence-corrected chi connectivity index (χ3v) is 15.8. The minimum Gasteiger partial charge on any atom is -0.477 e. The van der Waals surface area contributed by atoms with E-state index in [1.807, 2.05) is 0 Å². The van der Waals surface area contributed by atoms with Gasteiger partial charge in [0.1, 0.15) is 134 Å². The Morgan fingerprint density at radius 1 is 0.573 bits per heavy atom. The van der Waals surface area contributed by atoms with Crippen LogP contribution in [-0.2, 0) is 71.0 Å². The molecule has 6 fully saturated rings. The van der Waals surface area contributed by atoms with Gasteiger partial charge in [0.2, 0.25) is 11.8 Å². The molecule has 0 spiro atoms. The predicted octanol–water partition coefficient (Wildman–Crippen LogP) is -11.5. The highest BCUT2D eigenvalue weighted by atomic mass is 32.0. The molecule has 6 aliphatic heterocycles. The maximum Gasteiger partial charge on any atom is 0.364 e. The van der Waals surface area contributed by atoms with Crippen LogP contribution in [0.25, 0.3) is 0 Å². The Bertz CT molecular complexity index is 2050. The molecule has 82 heavy (non-hydrogen) atoms. The van der Waals surface area contributed by atoms with E-state index in [0.717, 1.165) is 13.8 Å². The first-order valence-corrected chi connectivity index (χ1v) is 29.3. The number of aliphatic carboxylic acids is 1. The minimum atomic E-state index is -2.82. The lowest BCUT2D eigenvalue weighted by atomic mass is 9.84. The summed E-state index contributed by atoms with van der Waals surface area (Å²) in [5.74, 6) is -7.39. The third kappa shape index (κ3) is 15.3. The van der Waals surface area contributed by atoms with E-state index >= 15 is 0 Å². The Balaban J connectivity index is 1.22. The van der Waals surface area contributed by atoms with Gasteiger partial charge < -0.3 is 159 Å². The van der Waals surface area contributed by atoms with Crippen molar-refractivity contribution in [2.75, 3.05) is 46.3 Å². The van der Waals surface area contributed by atoms with E-state index in [4.69, 9.17) is 56.6 Å². The number of hydrogen-bond donors (Lipinski definition) is 20. The molecule has 0 aromatic heterocycles. The number of hydrogen-bond acceptors (Lipinski definition) is 32. The number of rotatable bonds is 23. The fourth-order valence-corrected chi connectivity index (χ4v) is 11.2. The number of aliphatic hydroxyl groups excluding tert-OH is 17. The van der Waals surface area contributed by atoms with Crippen LogP contribution in [0.15, 0.2) is 0 Å². The summed E-state index contributed by atoms with van der Waals surface area (Å²) in [4.78, 5) is 38.1. The molecular weight excluding hydrogens is 1160 g/mol.